The van der Waals surface area contributed by atoms with Crippen molar-refractivity contribution in [3.8, 4) is 0 Å². The molecule has 0 aliphatic carbocycles. The molecule has 0 saturated carbocycles. The summed E-state index contributed by atoms with van der Waals surface area (Å²) in [6.45, 7) is 4.67. The van der Waals surface area contributed by atoms with Crippen LogP contribution < -0.4 is 11.2 Å². The quantitative estimate of drug-likeness (QED) is 0.820. The van der Waals surface area contributed by atoms with Gasteiger partial charge in [-0.2, -0.15) is 0 Å². The Morgan fingerprint density at radius 1 is 1.54 bits per heavy atom. The molecule has 1 heterocycles. The largest absolute Gasteiger partial charge is 0.328 e. The summed E-state index contributed by atoms with van der Waals surface area (Å²) in [6.07, 6.45) is 1.59. The van der Waals surface area contributed by atoms with Crippen LogP contribution in [0.2, 0.25) is 0 Å². The van der Waals surface area contributed by atoms with E-state index in [1.165, 1.54) is 4.57 Å². The summed E-state index contributed by atoms with van der Waals surface area (Å²) in [6, 6.07) is 0. The molecule has 4 nitrogen and oxygen atoms in total. The molecule has 0 aliphatic rings. The van der Waals surface area contributed by atoms with Gasteiger partial charge in [-0.3, -0.25) is 14.3 Å². The van der Waals surface area contributed by atoms with Crippen LogP contribution in [0.25, 0.3) is 0 Å². The van der Waals surface area contributed by atoms with E-state index in [9.17, 15) is 9.59 Å². The van der Waals surface area contributed by atoms with Gasteiger partial charge in [-0.1, -0.05) is 13.8 Å². The van der Waals surface area contributed by atoms with Crippen LogP contribution in [0.3, 0.4) is 0 Å². The molecule has 0 amide bonds. The molecule has 0 saturated heterocycles. The highest BCUT2D eigenvalue weighted by Gasteiger charge is 2.02. The van der Waals surface area contributed by atoms with Gasteiger partial charge in [-0.15, -0.1) is 0 Å². The van der Waals surface area contributed by atoms with Crippen LogP contribution in [0.1, 0.15) is 13.8 Å². The minimum atomic E-state index is -0.334. The molecule has 0 atom stereocenters. The molecule has 0 spiro atoms. The maximum Gasteiger partial charge on any atom is 0.328 e. The molecule has 0 radical (unpaired) electrons. The zero-order valence-corrected chi connectivity index (χ0v) is 9.66. The number of nitrogens with zero attached hydrogens (tertiary/aromatic N) is 1. The molecular formula is C8H11IN2O2. The predicted molar refractivity (Wildman–Crippen MR) is 58.9 cm³/mol. The SMILES string of the molecule is CC(C)Cn1cc(I)c(=O)[nH]c1=O. The second-order valence-electron chi connectivity index (χ2n) is 3.28. The van der Waals surface area contributed by atoms with Crippen molar-refractivity contribution in [2.75, 3.05) is 0 Å². The van der Waals surface area contributed by atoms with Gasteiger partial charge in [0.1, 0.15) is 0 Å². The average Bonchev–Trinajstić information content (AvgIpc) is 1.99. The van der Waals surface area contributed by atoms with Crippen molar-refractivity contribution in [2.24, 2.45) is 5.92 Å². The van der Waals surface area contributed by atoms with Crippen LogP contribution in [-0.2, 0) is 6.54 Å². The fraction of sp³-hybridized carbons (Fsp3) is 0.500. The number of hydrogen-bond acceptors (Lipinski definition) is 2. The van der Waals surface area contributed by atoms with Crippen molar-refractivity contribution >= 4 is 22.6 Å². The molecule has 72 valence electrons. The predicted octanol–water partition coefficient (Wildman–Crippen LogP) is 0.797. The molecule has 0 unspecified atom stereocenters. The minimum absolute atomic E-state index is 0.314. The van der Waals surface area contributed by atoms with Gasteiger partial charge in [0.05, 0.1) is 3.57 Å². The van der Waals surface area contributed by atoms with Gasteiger partial charge in [0.15, 0.2) is 0 Å². The van der Waals surface area contributed by atoms with Gasteiger partial charge in [0.25, 0.3) is 5.56 Å². The summed E-state index contributed by atoms with van der Waals surface area (Å²) < 4.78 is 2.06. The van der Waals surface area contributed by atoms with Crippen LogP contribution in [0.5, 0.6) is 0 Å². The van der Waals surface area contributed by atoms with Crippen LogP contribution in [0, 0.1) is 9.49 Å². The van der Waals surface area contributed by atoms with E-state index in [1.807, 2.05) is 36.4 Å². The Kier molecular flexibility index (Phi) is 3.29. The molecule has 0 aliphatic heterocycles. The second kappa shape index (κ2) is 4.08. The molecule has 1 aromatic rings. The van der Waals surface area contributed by atoms with Gasteiger partial charge >= 0.3 is 5.69 Å². The molecule has 13 heavy (non-hydrogen) atoms. The molecule has 0 fully saturated rings. The highest BCUT2D eigenvalue weighted by Crippen LogP contribution is 1.97. The minimum Gasteiger partial charge on any atom is -0.299 e. The molecule has 0 aromatic carbocycles. The molecule has 1 N–H and O–H groups in total. The summed E-state index contributed by atoms with van der Waals surface area (Å²) >= 11 is 1.91. The first kappa shape index (κ1) is 10.5. The zero-order valence-electron chi connectivity index (χ0n) is 7.50. The topological polar surface area (TPSA) is 54.9 Å². The number of aromatic nitrogens is 2. The molecule has 5 heteroatoms. The Morgan fingerprint density at radius 2 is 2.15 bits per heavy atom. The fourth-order valence-corrected chi connectivity index (χ4v) is 1.48. The van der Waals surface area contributed by atoms with Crippen molar-refractivity contribution in [1.29, 1.82) is 0 Å². The average molecular weight is 294 g/mol. The fourth-order valence-electron chi connectivity index (χ4n) is 1.01. The molecule has 0 bridgehead atoms. The maximum absolute atomic E-state index is 11.2. The lowest BCUT2D eigenvalue weighted by atomic mass is 10.2. The Balaban J connectivity index is 3.17. The second-order valence-corrected chi connectivity index (χ2v) is 4.44. The first-order valence-corrected chi connectivity index (χ1v) is 5.08. The molecule has 1 rings (SSSR count). The van der Waals surface area contributed by atoms with Crippen LogP contribution in [-0.4, -0.2) is 9.55 Å². The van der Waals surface area contributed by atoms with E-state index in [4.69, 9.17) is 0 Å². The number of hydrogen-bond donors (Lipinski definition) is 1. The summed E-state index contributed by atoms with van der Waals surface area (Å²) in [7, 11) is 0. The lowest BCUT2D eigenvalue weighted by Gasteiger charge is -2.07. The summed E-state index contributed by atoms with van der Waals surface area (Å²) in [5.41, 5.74) is -0.648. The number of H-pyrrole nitrogens is 1. The van der Waals surface area contributed by atoms with Crippen LogP contribution in [0.4, 0.5) is 0 Å². The van der Waals surface area contributed by atoms with E-state index in [1.54, 1.807) is 6.20 Å². The Labute approximate surface area is 89.1 Å². The normalized spacial score (nSPS) is 10.8. The number of aromatic amines is 1. The van der Waals surface area contributed by atoms with Gasteiger partial charge in [0, 0.05) is 12.7 Å². The highest BCUT2D eigenvalue weighted by atomic mass is 127. The van der Waals surface area contributed by atoms with Gasteiger partial charge in [-0.25, -0.2) is 4.79 Å². The first-order chi connectivity index (χ1) is 6.00. The Morgan fingerprint density at radius 3 is 2.69 bits per heavy atom. The molecule has 1 aromatic heterocycles. The smallest absolute Gasteiger partial charge is 0.299 e. The zero-order chi connectivity index (χ0) is 10.0. The summed E-state index contributed by atoms with van der Waals surface area (Å²) in [4.78, 5) is 24.5. The third-order valence-electron chi connectivity index (χ3n) is 1.53. The lowest BCUT2D eigenvalue weighted by Crippen LogP contribution is -2.32. The van der Waals surface area contributed by atoms with E-state index in [2.05, 4.69) is 4.98 Å². The van der Waals surface area contributed by atoms with E-state index in [0.717, 1.165) is 0 Å². The van der Waals surface area contributed by atoms with Gasteiger partial charge in [-0.05, 0) is 28.5 Å². The van der Waals surface area contributed by atoms with Crippen molar-refractivity contribution in [2.45, 2.75) is 20.4 Å². The summed E-state index contributed by atoms with van der Waals surface area (Å²) in [5.74, 6) is 0.388. The first-order valence-electron chi connectivity index (χ1n) is 4.00. The van der Waals surface area contributed by atoms with Gasteiger partial charge in [0.2, 0.25) is 0 Å². The number of rotatable bonds is 2. The number of halogens is 1. The standard InChI is InChI=1S/C8H11IN2O2/c1-5(2)3-11-4-6(9)7(12)10-8(11)13/h4-5H,3H2,1-2H3,(H,10,12,13). The highest BCUT2D eigenvalue weighted by molar-refractivity contribution is 14.1. The third-order valence-corrected chi connectivity index (χ3v) is 2.30. The van der Waals surface area contributed by atoms with Crippen LogP contribution in [0.15, 0.2) is 15.8 Å². The van der Waals surface area contributed by atoms with E-state index < -0.39 is 0 Å². The maximum atomic E-state index is 11.2. The third kappa shape index (κ3) is 2.68. The van der Waals surface area contributed by atoms with Crippen LogP contribution >= 0.6 is 22.6 Å². The molecular weight excluding hydrogens is 283 g/mol. The van der Waals surface area contributed by atoms with Crippen molar-refractivity contribution in [3.05, 3.63) is 30.6 Å². The lowest BCUT2D eigenvalue weighted by molar-refractivity contribution is 0.500. The number of nitrogens with one attached hydrogen (secondary N) is 1. The van der Waals surface area contributed by atoms with E-state index in [-0.39, 0.29) is 11.2 Å². The summed E-state index contributed by atoms with van der Waals surface area (Å²) in [5, 5.41) is 0. The van der Waals surface area contributed by atoms with E-state index >= 15 is 0 Å². The van der Waals surface area contributed by atoms with Crippen molar-refractivity contribution in [1.82, 2.24) is 9.55 Å². The van der Waals surface area contributed by atoms with Crippen molar-refractivity contribution in [3.63, 3.8) is 0 Å². The Hall–Kier alpha value is -0.590. The Bertz CT molecular complexity index is 405. The monoisotopic (exact) mass is 294 g/mol. The van der Waals surface area contributed by atoms with Crippen molar-refractivity contribution < 1.29 is 0 Å². The van der Waals surface area contributed by atoms with E-state index in [0.29, 0.717) is 16.0 Å². The van der Waals surface area contributed by atoms with Gasteiger partial charge < -0.3 is 0 Å².